The first-order chi connectivity index (χ1) is 14.4. The number of nitrogens with one attached hydrogen (secondary N) is 2. The highest BCUT2D eigenvalue weighted by Gasteiger charge is 2.16. The number of likely N-dealkylation sites (N-methyl/N-ethyl adjacent to an activating group) is 1. The van der Waals surface area contributed by atoms with Gasteiger partial charge in [-0.3, -0.25) is 0 Å². The average Bonchev–Trinajstić information content (AvgIpc) is 3.06. The molecule has 0 radical (unpaired) electrons. The van der Waals surface area contributed by atoms with Gasteiger partial charge >= 0.3 is 6.03 Å². The number of benzene rings is 2. The fraction of sp³-hybridized carbons (Fsp3) is 0.304. The molecule has 1 atom stereocenters. The Labute approximate surface area is 177 Å². The number of hydrogen-bond acceptors (Lipinski definition) is 4. The molecular weight excluding hydrogens is 378 g/mol. The van der Waals surface area contributed by atoms with Gasteiger partial charge in [0, 0.05) is 17.9 Å². The zero-order chi connectivity index (χ0) is 21.7. The fourth-order valence-corrected chi connectivity index (χ4v) is 3.42. The first-order valence-electron chi connectivity index (χ1n) is 9.86. The Hall–Kier alpha value is -3.32. The van der Waals surface area contributed by atoms with Gasteiger partial charge in [0.1, 0.15) is 5.75 Å². The summed E-state index contributed by atoms with van der Waals surface area (Å²) in [6.45, 7) is 4.43. The summed E-state index contributed by atoms with van der Waals surface area (Å²) in [4.78, 5) is 14.6. The van der Waals surface area contributed by atoms with E-state index in [4.69, 9.17) is 4.74 Å². The van der Waals surface area contributed by atoms with Crippen molar-refractivity contribution in [1.29, 1.82) is 0 Å². The van der Waals surface area contributed by atoms with Gasteiger partial charge < -0.3 is 20.3 Å². The lowest BCUT2D eigenvalue weighted by molar-refractivity contribution is 0.243. The number of carbonyl (C=O) groups excluding carboxylic acids is 1. The van der Waals surface area contributed by atoms with Crippen LogP contribution < -0.4 is 15.4 Å². The largest absolute Gasteiger partial charge is 0.497 e. The van der Waals surface area contributed by atoms with Crippen LogP contribution in [0.4, 0.5) is 10.5 Å². The third-order valence-electron chi connectivity index (χ3n) is 4.92. The molecule has 0 aliphatic carbocycles. The van der Waals surface area contributed by atoms with Crippen LogP contribution in [0.15, 0.2) is 54.6 Å². The van der Waals surface area contributed by atoms with Crippen LogP contribution in [0.3, 0.4) is 0 Å². The summed E-state index contributed by atoms with van der Waals surface area (Å²) >= 11 is 0. The van der Waals surface area contributed by atoms with Gasteiger partial charge in [-0.25, -0.2) is 9.48 Å². The van der Waals surface area contributed by atoms with Crippen molar-refractivity contribution in [2.45, 2.75) is 19.9 Å². The summed E-state index contributed by atoms with van der Waals surface area (Å²) in [5.74, 6) is 0.796. The molecule has 0 aliphatic heterocycles. The number of aryl methyl sites for hydroxylation is 2. The second-order valence-electron chi connectivity index (χ2n) is 7.48. The zero-order valence-corrected chi connectivity index (χ0v) is 18.1. The van der Waals surface area contributed by atoms with Crippen LogP contribution in [0.25, 0.3) is 5.69 Å². The lowest BCUT2D eigenvalue weighted by atomic mass is 10.1. The average molecular weight is 408 g/mol. The van der Waals surface area contributed by atoms with E-state index in [-0.39, 0.29) is 12.1 Å². The highest BCUT2D eigenvalue weighted by molar-refractivity contribution is 5.89. The topological polar surface area (TPSA) is 71.4 Å². The summed E-state index contributed by atoms with van der Waals surface area (Å²) in [5, 5.41) is 10.4. The maximum atomic E-state index is 12.5. The van der Waals surface area contributed by atoms with Gasteiger partial charge in [-0.1, -0.05) is 18.2 Å². The maximum absolute atomic E-state index is 12.5. The van der Waals surface area contributed by atoms with Crippen LogP contribution in [0.1, 0.15) is 23.0 Å². The molecule has 0 spiro atoms. The molecule has 2 N–H and O–H groups in total. The molecule has 0 saturated heterocycles. The number of methoxy groups -OCH3 is 1. The second-order valence-corrected chi connectivity index (χ2v) is 7.48. The quantitative estimate of drug-likeness (QED) is 0.623. The maximum Gasteiger partial charge on any atom is 0.319 e. The van der Waals surface area contributed by atoms with E-state index in [0.717, 1.165) is 28.4 Å². The van der Waals surface area contributed by atoms with E-state index >= 15 is 0 Å². The Morgan fingerprint density at radius 1 is 1.13 bits per heavy atom. The first-order valence-corrected chi connectivity index (χ1v) is 9.86. The number of nitrogens with zero attached hydrogens (tertiary/aromatic N) is 3. The highest BCUT2D eigenvalue weighted by atomic mass is 16.5. The minimum Gasteiger partial charge on any atom is -0.497 e. The number of aromatic nitrogens is 2. The smallest absolute Gasteiger partial charge is 0.319 e. The van der Waals surface area contributed by atoms with Crippen LogP contribution >= 0.6 is 0 Å². The SMILES string of the molecule is COc1cccc([C@@H](CNC(=O)Nc2cccc(-n3nc(C)cc3C)c2)N(C)C)c1. The molecule has 3 aromatic rings. The Morgan fingerprint density at radius 2 is 1.90 bits per heavy atom. The molecule has 0 unspecified atom stereocenters. The van der Waals surface area contributed by atoms with Gasteiger partial charge in [-0.15, -0.1) is 0 Å². The van der Waals surface area contributed by atoms with Crippen LogP contribution in [-0.2, 0) is 0 Å². The molecule has 7 nitrogen and oxygen atoms in total. The second kappa shape index (κ2) is 9.45. The molecular formula is C23H29N5O2. The minimum absolute atomic E-state index is 0.0203. The van der Waals surface area contributed by atoms with Crippen molar-refractivity contribution in [3.05, 3.63) is 71.5 Å². The Balaban J connectivity index is 1.66. The number of amides is 2. The summed E-state index contributed by atoms with van der Waals surface area (Å²) in [6.07, 6.45) is 0. The molecule has 158 valence electrons. The van der Waals surface area contributed by atoms with Gasteiger partial charge in [-0.2, -0.15) is 5.10 Å². The van der Waals surface area contributed by atoms with Crippen molar-refractivity contribution >= 4 is 11.7 Å². The lowest BCUT2D eigenvalue weighted by Gasteiger charge is -2.25. The molecule has 0 saturated carbocycles. The number of anilines is 1. The third kappa shape index (κ3) is 5.18. The number of carbonyl (C=O) groups is 1. The van der Waals surface area contributed by atoms with Crippen molar-refractivity contribution < 1.29 is 9.53 Å². The van der Waals surface area contributed by atoms with Crippen molar-refractivity contribution in [2.24, 2.45) is 0 Å². The summed E-state index contributed by atoms with van der Waals surface area (Å²) in [7, 11) is 5.62. The number of hydrogen-bond donors (Lipinski definition) is 2. The number of rotatable bonds is 7. The van der Waals surface area contributed by atoms with E-state index in [1.54, 1.807) is 7.11 Å². The van der Waals surface area contributed by atoms with E-state index in [9.17, 15) is 4.79 Å². The molecule has 1 heterocycles. The number of urea groups is 1. The van der Waals surface area contributed by atoms with Crippen LogP contribution in [0.2, 0.25) is 0 Å². The van der Waals surface area contributed by atoms with Crippen LogP contribution in [0, 0.1) is 13.8 Å². The van der Waals surface area contributed by atoms with E-state index in [0.29, 0.717) is 12.2 Å². The minimum atomic E-state index is -0.254. The molecule has 0 bridgehead atoms. The zero-order valence-electron chi connectivity index (χ0n) is 18.1. The highest BCUT2D eigenvalue weighted by Crippen LogP contribution is 2.22. The van der Waals surface area contributed by atoms with Crippen molar-refractivity contribution in [2.75, 3.05) is 33.1 Å². The van der Waals surface area contributed by atoms with Gasteiger partial charge in [0.15, 0.2) is 0 Å². The standard InChI is InChI=1S/C23H29N5O2/c1-16-12-17(2)28(26-16)20-10-7-9-19(14-20)25-23(29)24-15-22(27(3)4)18-8-6-11-21(13-18)30-5/h6-14,22H,15H2,1-5H3,(H2,24,25,29)/t22-/m1/s1. The molecule has 7 heteroatoms. The molecule has 1 aromatic heterocycles. The van der Waals surface area contributed by atoms with Crippen molar-refractivity contribution in [3.8, 4) is 11.4 Å². The third-order valence-corrected chi connectivity index (χ3v) is 4.92. The Morgan fingerprint density at radius 3 is 2.57 bits per heavy atom. The summed E-state index contributed by atoms with van der Waals surface area (Å²) < 4.78 is 7.19. The van der Waals surface area contributed by atoms with E-state index in [1.807, 2.05) is 87.2 Å². The molecule has 2 amide bonds. The Kier molecular flexibility index (Phi) is 6.74. The van der Waals surface area contributed by atoms with Gasteiger partial charge in [0.25, 0.3) is 0 Å². The predicted molar refractivity (Wildman–Crippen MR) is 119 cm³/mol. The van der Waals surface area contributed by atoms with Crippen LogP contribution in [-0.4, -0.2) is 48.5 Å². The van der Waals surface area contributed by atoms with E-state index in [1.165, 1.54) is 0 Å². The predicted octanol–water partition coefficient (Wildman–Crippen LogP) is 3.92. The van der Waals surface area contributed by atoms with Gasteiger partial charge in [-0.05, 0) is 69.9 Å². The van der Waals surface area contributed by atoms with Gasteiger partial charge in [0.2, 0.25) is 0 Å². The normalized spacial score (nSPS) is 11.9. The van der Waals surface area contributed by atoms with Gasteiger partial charge in [0.05, 0.1) is 24.5 Å². The molecule has 0 aliphatic rings. The number of ether oxygens (including phenoxy) is 1. The lowest BCUT2D eigenvalue weighted by Crippen LogP contribution is -2.36. The molecule has 30 heavy (non-hydrogen) atoms. The molecule has 2 aromatic carbocycles. The first kappa shape index (κ1) is 21.4. The summed E-state index contributed by atoms with van der Waals surface area (Å²) in [5.41, 5.74) is 4.68. The van der Waals surface area contributed by atoms with Crippen molar-refractivity contribution in [1.82, 2.24) is 20.0 Å². The monoisotopic (exact) mass is 407 g/mol. The Bertz CT molecular complexity index is 1010. The summed E-state index contributed by atoms with van der Waals surface area (Å²) in [6, 6.07) is 17.3. The van der Waals surface area contributed by atoms with Crippen molar-refractivity contribution in [3.63, 3.8) is 0 Å². The molecule has 3 rings (SSSR count). The van der Waals surface area contributed by atoms with E-state index in [2.05, 4.69) is 20.6 Å². The molecule has 0 fully saturated rings. The van der Waals surface area contributed by atoms with Crippen LogP contribution in [0.5, 0.6) is 5.75 Å². The van der Waals surface area contributed by atoms with E-state index < -0.39 is 0 Å². The fourth-order valence-electron chi connectivity index (χ4n) is 3.42.